The number of rotatable bonds is 8. The molecule has 31 heavy (non-hydrogen) atoms. The fourth-order valence-corrected chi connectivity index (χ4v) is 3.32. The molecule has 0 unspecified atom stereocenters. The van der Waals surface area contributed by atoms with Gasteiger partial charge in [0, 0.05) is 28.9 Å². The fraction of sp³-hybridized carbons (Fsp3) is 0.174. The normalized spacial score (nSPS) is 10.8. The molecule has 4 rings (SSSR count). The summed E-state index contributed by atoms with van der Waals surface area (Å²) < 4.78 is 25.7. The van der Waals surface area contributed by atoms with Crippen LogP contribution in [-0.4, -0.2) is 28.7 Å². The number of hydrogen-bond acceptors (Lipinski definition) is 6. The molecule has 4 aromatic rings. The van der Waals surface area contributed by atoms with Crippen molar-refractivity contribution in [3.63, 3.8) is 0 Å². The van der Waals surface area contributed by atoms with E-state index in [0.29, 0.717) is 39.8 Å². The lowest BCUT2D eigenvalue weighted by Gasteiger charge is -2.14. The zero-order valence-electron chi connectivity index (χ0n) is 16.8. The number of fused-ring (bicyclic) bond motifs is 1. The third-order valence-corrected chi connectivity index (χ3v) is 4.96. The van der Waals surface area contributed by atoms with Crippen LogP contribution < -0.4 is 14.8 Å². The van der Waals surface area contributed by atoms with Gasteiger partial charge in [-0.25, -0.2) is 14.4 Å². The van der Waals surface area contributed by atoms with Crippen molar-refractivity contribution in [2.24, 2.45) is 0 Å². The third-order valence-electron chi connectivity index (χ3n) is 4.72. The molecular weight excluding hydrogens is 419 g/mol. The predicted molar refractivity (Wildman–Crippen MR) is 119 cm³/mol. The first-order chi connectivity index (χ1) is 15.1. The Morgan fingerprint density at radius 1 is 1.03 bits per heavy atom. The number of benzene rings is 2. The molecule has 2 aromatic heterocycles. The van der Waals surface area contributed by atoms with Gasteiger partial charge in [0.25, 0.3) is 0 Å². The topological polar surface area (TPSA) is 69.2 Å². The molecule has 2 heterocycles. The van der Waals surface area contributed by atoms with Gasteiger partial charge in [0.1, 0.15) is 18.0 Å². The summed E-state index contributed by atoms with van der Waals surface area (Å²) in [6, 6.07) is 12.0. The van der Waals surface area contributed by atoms with E-state index in [2.05, 4.69) is 20.3 Å². The van der Waals surface area contributed by atoms with Gasteiger partial charge in [-0.15, -0.1) is 0 Å². The van der Waals surface area contributed by atoms with Crippen LogP contribution >= 0.6 is 11.6 Å². The molecule has 0 fully saturated rings. The fourth-order valence-electron chi connectivity index (χ4n) is 3.16. The van der Waals surface area contributed by atoms with Crippen LogP contribution in [0.15, 0.2) is 61.2 Å². The minimum atomic E-state index is -0.472. The highest BCUT2D eigenvalue weighted by Gasteiger charge is 2.13. The van der Waals surface area contributed by atoms with Crippen LogP contribution in [0.25, 0.3) is 10.9 Å². The lowest BCUT2D eigenvalue weighted by Crippen LogP contribution is -2.03. The largest absolute Gasteiger partial charge is 0.493 e. The van der Waals surface area contributed by atoms with Crippen LogP contribution in [0.2, 0.25) is 5.02 Å². The number of pyridine rings is 1. The summed E-state index contributed by atoms with van der Waals surface area (Å²) >= 11 is 5.83. The third kappa shape index (κ3) is 5.00. The maximum Gasteiger partial charge on any atom is 0.163 e. The Bertz CT molecular complexity index is 1190. The lowest BCUT2D eigenvalue weighted by molar-refractivity contribution is 0.290. The predicted octanol–water partition coefficient (Wildman–Crippen LogP) is 5.58. The zero-order valence-corrected chi connectivity index (χ0v) is 17.6. The second-order valence-electron chi connectivity index (χ2n) is 6.80. The van der Waals surface area contributed by atoms with E-state index in [9.17, 15) is 4.39 Å². The number of anilines is 2. The van der Waals surface area contributed by atoms with E-state index in [4.69, 9.17) is 21.1 Å². The summed E-state index contributed by atoms with van der Waals surface area (Å²) in [5.41, 5.74) is 2.12. The number of hydrogen-bond donors (Lipinski definition) is 1. The monoisotopic (exact) mass is 438 g/mol. The van der Waals surface area contributed by atoms with Crippen molar-refractivity contribution in [3.8, 4) is 11.5 Å². The van der Waals surface area contributed by atoms with Crippen molar-refractivity contribution in [1.82, 2.24) is 15.0 Å². The summed E-state index contributed by atoms with van der Waals surface area (Å²) in [7, 11) is 1.57. The molecule has 0 amide bonds. The number of aromatic nitrogens is 3. The van der Waals surface area contributed by atoms with Gasteiger partial charge in [-0.3, -0.25) is 4.98 Å². The van der Waals surface area contributed by atoms with Crippen LogP contribution in [0.1, 0.15) is 12.0 Å². The minimum absolute atomic E-state index is 0.264. The molecule has 6 nitrogen and oxygen atoms in total. The van der Waals surface area contributed by atoms with Crippen molar-refractivity contribution < 1.29 is 13.9 Å². The summed E-state index contributed by atoms with van der Waals surface area (Å²) in [6.07, 6.45) is 6.71. The molecular formula is C23H20ClFN4O2. The summed E-state index contributed by atoms with van der Waals surface area (Å²) in [6.45, 7) is 0.524. The lowest BCUT2D eigenvalue weighted by atomic mass is 10.1. The molecule has 0 atom stereocenters. The number of nitrogens with one attached hydrogen (secondary N) is 1. The van der Waals surface area contributed by atoms with Gasteiger partial charge in [-0.1, -0.05) is 11.6 Å². The SMILES string of the molecule is COc1cc2c(Nc3ccc(Cl)cc3F)ncnc2cc1OCCCc1ccncc1. The Morgan fingerprint density at radius 2 is 1.87 bits per heavy atom. The first kappa shape index (κ1) is 20.8. The molecule has 0 aliphatic heterocycles. The average Bonchev–Trinajstić information content (AvgIpc) is 2.79. The van der Waals surface area contributed by atoms with Crippen LogP contribution in [0.5, 0.6) is 11.5 Å². The number of aryl methyl sites for hydroxylation is 1. The van der Waals surface area contributed by atoms with Gasteiger partial charge in [0.2, 0.25) is 0 Å². The van der Waals surface area contributed by atoms with Crippen LogP contribution in [0.3, 0.4) is 0 Å². The Morgan fingerprint density at radius 3 is 2.65 bits per heavy atom. The highest BCUT2D eigenvalue weighted by Crippen LogP contribution is 2.35. The number of ether oxygens (including phenoxy) is 2. The van der Waals surface area contributed by atoms with Gasteiger partial charge in [-0.05, 0) is 54.8 Å². The Labute approximate surface area is 184 Å². The Kier molecular flexibility index (Phi) is 6.43. The maximum absolute atomic E-state index is 14.2. The van der Waals surface area contributed by atoms with E-state index in [1.165, 1.54) is 18.0 Å². The molecule has 0 saturated heterocycles. The second kappa shape index (κ2) is 9.57. The molecule has 0 aliphatic carbocycles. The van der Waals surface area contributed by atoms with Crippen LogP contribution in [0.4, 0.5) is 15.9 Å². The first-order valence-corrected chi connectivity index (χ1v) is 10.1. The Hall–Kier alpha value is -3.45. The quantitative estimate of drug-likeness (QED) is 0.362. The number of nitrogens with zero attached hydrogens (tertiary/aromatic N) is 3. The van der Waals surface area contributed by atoms with Gasteiger partial charge in [-0.2, -0.15) is 0 Å². The summed E-state index contributed by atoms with van der Waals surface area (Å²) in [5.74, 6) is 1.12. The van der Waals surface area contributed by atoms with Crippen molar-refractivity contribution in [1.29, 1.82) is 0 Å². The molecule has 0 aliphatic rings. The van der Waals surface area contributed by atoms with Crippen LogP contribution in [0, 0.1) is 5.82 Å². The van der Waals surface area contributed by atoms with Gasteiger partial charge < -0.3 is 14.8 Å². The smallest absolute Gasteiger partial charge is 0.163 e. The van der Waals surface area contributed by atoms with Crippen LogP contribution in [-0.2, 0) is 6.42 Å². The van der Waals surface area contributed by atoms with E-state index in [0.717, 1.165) is 12.8 Å². The van der Waals surface area contributed by atoms with Gasteiger partial charge >= 0.3 is 0 Å². The zero-order chi connectivity index (χ0) is 21.6. The molecule has 0 saturated carbocycles. The molecule has 158 valence electrons. The van der Waals surface area contributed by atoms with E-state index in [1.807, 2.05) is 12.1 Å². The molecule has 8 heteroatoms. The minimum Gasteiger partial charge on any atom is -0.493 e. The molecule has 1 N–H and O–H groups in total. The second-order valence-corrected chi connectivity index (χ2v) is 7.24. The van der Waals surface area contributed by atoms with E-state index >= 15 is 0 Å². The van der Waals surface area contributed by atoms with E-state index in [1.54, 1.807) is 43.8 Å². The van der Waals surface area contributed by atoms with Crippen molar-refractivity contribution >= 4 is 34.0 Å². The number of methoxy groups -OCH3 is 1. The van der Waals surface area contributed by atoms with Crippen molar-refractivity contribution in [2.75, 3.05) is 19.0 Å². The molecule has 0 radical (unpaired) electrons. The Balaban J connectivity index is 1.53. The maximum atomic E-state index is 14.2. The van der Waals surface area contributed by atoms with Crippen molar-refractivity contribution in [3.05, 3.63) is 77.6 Å². The highest BCUT2D eigenvalue weighted by molar-refractivity contribution is 6.30. The van der Waals surface area contributed by atoms with E-state index in [-0.39, 0.29) is 5.69 Å². The summed E-state index contributed by atoms with van der Waals surface area (Å²) in [4.78, 5) is 12.6. The van der Waals surface area contributed by atoms with Gasteiger partial charge in [0.15, 0.2) is 11.5 Å². The number of halogens is 2. The van der Waals surface area contributed by atoms with Gasteiger partial charge in [0.05, 0.1) is 24.9 Å². The first-order valence-electron chi connectivity index (χ1n) is 9.70. The molecule has 0 bridgehead atoms. The average molecular weight is 439 g/mol. The van der Waals surface area contributed by atoms with Crippen molar-refractivity contribution in [2.45, 2.75) is 12.8 Å². The standard InChI is InChI=1S/C23H20ClFN4O2/c1-30-21-12-17-20(13-22(21)31-10-2-3-15-6-8-26-9-7-15)27-14-28-23(17)29-19-5-4-16(24)11-18(19)25/h4-9,11-14H,2-3,10H2,1H3,(H,27,28,29). The van der Waals surface area contributed by atoms with E-state index < -0.39 is 5.82 Å². The summed E-state index contributed by atoms with van der Waals surface area (Å²) in [5, 5.41) is 4.00. The molecule has 2 aromatic carbocycles. The molecule has 0 spiro atoms. The highest BCUT2D eigenvalue weighted by atomic mass is 35.5.